The largest absolute Gasteiger partial charge is 0.349 e. The molecule has 6 heteroatoms. The van der Waals surface area contributed by atoms with Gasteiger partial charge in [0.1, 0.15) is 0 Å². The number of benzene rings is 1. The molecule has 2 heterocycles. The third-order valence-electron chi connectivity index (χ3n) is 5.95. The van der Waals surface area contributed by atoms with Crippen LogP contribution in [0.2, 0.25) is 0 Å². The highest BCUT2D eigenvalue weighted by atomic mass is 16.2. The molecule has 3 N–H and O–H groups in total. The van der Waals surface area contributed by atoms with E-state index in [-0.39, 0.29) is 17.6 Å². The van der Waals surface area contributed by atoms with Crippen LogP contribution in [-0.2, 0) is 0 Å². The second-order valence-corrected chi connectivity index (χ2v) is 7.83. The number of piperidine rings is 1. The van der Waals surface area contributed by atoms with Gasteiger partial charge in [-0.1, -0.05) is 19.3 Å². The van der Waals surface area contributed by atoms with Crippen molar-refractivity contribution in [3.8, 4) is 0 Å². The summed E-state index contributed by atoms with van der Waals surface area (Å²) in [6, 6.07) is 5.57. The Kier molecular flexibility index (Phi) is 5.11. The van der Waals surface area contributed by atoms with E-state index in [9.17, 15) is 9.59 Å². The molecule has 1 aliphatic carbocycles. The minimum absolute atomic E-state index is 0.0375. The van der Waals surface area contributed by atoms with Gasteiger partial charge in [-0.25, -0.2) is 4.79 Å². The molecule has 140 valence electrons. The Hall–Kier alpha value is -2.08. The normalized spacial score (nSPS) is 24.6. The summed E-state index contributed by atoms with van der Waals surface area (Å²) in [7, 11) is 0. The van der Waals surface area contributed by atoms with Gasteiger partial charge in [0.2, 0.25) is 0 Å². The Morgan fingerprint density at radius 2 is 1.81 bits per heavy atom. The first-order chi connectivity index (χ1) is 12.7. The van der Waals surface area contributed by atoms with Crippen molar-refractivity contribution < 1.29 is 4.79 Å². The summed E-state index contributed by atoms with van der Waals surface area (Å²) in [4.78, 5) is 32.2. The maximum Gasteiger partial charge on any atom is 0.323 e. The molecule has 1 unspecified atom stereocenters. The van der Waals surface area contributed by atoms with Gasteiger partial charge in [0.25, 0.3) is 5.91 Å². The third kappa shape index (κ3) is 3.85. The first kappa shape index (κ1) is 17.3. The van der Waals surface area contributed by atoms with E-state index in [4.69, 9.17) is 0 Å². The Morgan fingerprint density at radius 1 is 1.04 bits per heavy atom. The number of imidazole rings is 1. The quantitative estimate of drug-likeness (QED) is 0.788. The maximum atomic E-state index is 12.8. The smallest absolute Gasteiger partial charge is 0.323 e. The molecule has 0 bridgehead atoms. The predicted octanol–water partition coefficient (Wildman–Crippen LogP) is 2.63. The van der Waals surface area contributed by atoms with Crippen LogP contribution in [0.25, 0.3) is 11.0 Å². The lowest BCUT2D eigenvalue weighted by Crippen LogP contribution is -2.47. The summed E-state index contributed by atoms with van der Waals surface area (Å²) in [5.74, 6) is 0.506. The van der Waals surface area contributed by atoms with Crippen LogP contribution in [0.15, 0.2) is 23.0 Å². The molecule has 2 aromatic rings. The molecular weight excluding hydrogens is 328 g/mol. The number of hydrogen-bond donors (Lipinski definition) is 3. The Labute approximate surface area is 153 Å². The zero-order chi connectivity index (χ0) is 17.9. The molecule has 1 aromatic carbocycles. The molecule has 2 atom stereocenters. The molecule has 2 aliphatic rings. The third-order valence-corrected chi connectivity index (χ3v) is 5.95. The molecule has 1 aliphatic heterocycles. The van der Waals surface area contributed by atoms with Crippen LogP contribution in [-0.4, -0.2) is 46.5 Å². The number of aromatic nitrogens is 2. The van der Waals surface area contributed by atoms with Crippen molar-refractivity contribution in [1.29, 1.82) is 0 Å². The lowest BCUT2D eigenvalue weighted by molar-refractivity contribution is 0.0877. The van der Waals surface area contributed by atoms with Gasteiger partial charge in [-0.15, -0.1) is 0 Å². The van der Waals surface area contributed by atoms with Crippen LogP contribution >= 0.6 is 0 Å². The number of rotatable bonds is 4. The number of fused-ring (bicyclic) bond motifs is 1. The number of carbonyl (C=O) groups is 1. The highest BCUT2D eigenvalue weighted by molar-refractivity contribution is 5.97. The van der Waals surface area contributed by atoms with Gasteiger partial charge in [0, 0.05) is 18.2 Å². The molecule has 0 spiro atoms. The number of aromatic amines is 2. The van der Waals surface area contributed by atoms with E-state index in [1.165, 1.54) is 51.6 Å². The van der Waals surface area contributed by atoms with Crippen LogP contribution in [0.5, 0.6) is 0 Å². The maximum absolute atomic E-state index is 12.8. The summed E-state index contributed by atoms with van der Waals surface area (Å²) in [5, 5.41) is 3.28. The molecule has 1 saturated heterocycles. The lowest BCUT2D eigenvalue weighted by atomic mass is 9.83. The fraction of sp³-hybridized carbons (Fsp3) is 0.600. The fourth-order valence-electron chi connectivity index (χ4n) is 4.52. The highest BCUT2D eigenvalue weighted by Crippen LogP contribution is 2.27. The zero-order valence-electron chi connectivity index (χ0n) is 15.2. The number of H-pyrrole nitrogens is 2. The molecule has 6 nitrogen and oxygen atoms in total. The number of likely N-dealkylation sites (tertiary alicyclic amines) is 1. The van der Waals surface area contributed by atoms with Crippen molar-refractivity contribution >= 4 is 16.9 Å². The van der Waals surface area contributed by atoms with Gasteiger partial charge in [0.15, 0.2) is 0 Å². The molecule has 1 amide bonds. The minimum atomic E-state index is -0.244. The first-order valence-electron chi connectivity index (χ1n) is 9.94. The molecular formula is C20H28N4O2. The van der Waals surface area contributed by atoms with Crippen molar-refractivity contribution in [2.75, 3.05) is 19.6 Å². The van der Waals surface area contributed by atoms with Crippen molar-refractivity contribution in [2.45, 2.75) is 51.0 Å². The Bertz CT molecular complexity index is 819. The van der Waals surface area contributed by atoms with Gasteiger partial charge >= 0.3 is 5.69 Å². The van der Waals surface area contributed by atoms with E-state index >= 15 is 0 Å². The predicted molar refractivity (Wildman–Crippen MR) is 102 cm³/mol. The molecule has 0 radical (unpaired) electrons. The second kappa shape index (κ2) is 7.66. The zero-order valence-corrected chi connectivity index (χ0v) is 15.2. The van der Waals surface area contributed by atoms with Gasteiger partial charge < -0.3 is 20.2 Å². The van der Waals surface area contributed by atoms with E-state index < -0.39 is 0 Å². The van der Waals surface area contributed by atoms with Crippen LogP contribution < -0.4 is 11.0 Å². The summed E-state index contributed by atoms with van der Waals surface area (Å²) >= 11 is 0. The van der Waals surface area contributed by atoms with Crippen molar-refractivity contribution in [3.05, 3.63) is 34.2 Å². The van der Waals surface area contributed by atoms with Crippen LogP contribution in [0.1, 0.15) is 55.3 Å². The minimum Gasteiger partial charge on any atom is -0.349 e. The monoisotopic (exact) mass is 356 g/mol. The molecule has 26 heavy (non-hydrogen) atoms. The molecule has 1 saturated carbocycles. The van der Waals surface area contributed by atoms with Crippen molar-refractivity contribution in [2.24, 2.45) is 5.92 Å². The van der Waals surface area contributed by atoms with Crippen LogP contribution in [0, 0.1) is 5.92 Å². The summed E-state index contributed by atoms with van der Waals surface area (Å²) in [5.41, 5.74) is 1.77. The van der Waals surface area contributed by atoms with Crippen LogP contribution in [0.3, 0.4) is 0 Å². The van der Waals surface area contributed by atoms with Gasteiger partial charge in [-0.3, -0.25) is 4.79 Å². The van der Waals surface area contributed by atoms with E-state index in [1.807, 2.05) is 0 Å². The van der Waals surface area contributed by atoms with Crippen molar-refractivity contribution in [3.63, 3.8) is 0 Å². The number of amides is 1. The Morgan fingerprint density at radius 3 is 2.65 bits per heavy atom. The summed E-state index contributed by atoms with van der Waals surface area (Å²) < 4.78 is 0. The van der Waals surface area contributed by atoms with Gasteiger partial charge in [-0.05, 0) is 62.9 Å². The lowest BCUT2D eigenvalue weighted by Gasteiger charge is -2.37. The van der Waals surface area contributed by atoms with E-state index in [1.54, 1.807) is 18.2 Å². The van der Waals surface area contributed by atoms with E-state index in [0.29, 0.717) is 17.0 Å². The standard InChI is InChI=1S/C20H28N4O2/c25-19(14-8-9-17-18(12-14)23-20(26)22-17)21-16-7-3-2-6-15(16)13-24-10-4-1-5-11-24/h8-9,12,15-16H,1-7,10-11,13H2,(H,21,25)(H2,22,23,26)/t15-,16?/m0/s1. The summed E-state index contributed by atoms with van der Waals surface area (Å²) in [6.07, 6.45) is 8.68. The average molecular weight is 356 g/mol. The average Bonchev–Trinajstić information content (AvgIpc) is 3.03. The summed E-state index contributed by atoms with van der Waals surface area (Å²) in [6.45, 7) is 3.51. The molecule has 2 fully saturated rings. The first-order valence-corrected chi connectivity index (χ1v) is 9.94. The van der Waals surface area contributed by atoms with E-state index in [0.717, 1.165) is 18.5 Å². The van der Waals surface area contributed by atoms with Gasteiger partial charge in [0.05, 0.1) is 11.0 Å². The van der Waals surface area contributed by atoms with E-state index in [2.05, 4.69) is 20.2 Å². The number of nitrogens with zero attached hydrogens (tertiary/aromatic N) is 1. The Balaban J connectivity index is 1.44. The van der Waals surface area contributed by atoms with Gasteiger partial charge in [-0.2, -0.15) is 0 Å². The fourth-order valence-corrected chi connectivity index (χ4v) is 4.52. The number of carbonyl (C=O) groups excluding carboxylic acids is 1. The topological polar surface area (TPSA) is 81.0 Å². The highest BCUT2D eigenvalue weighted by Gasteiger charge is 2.28. The molecule has 1 aromatic heterocycles. The van der Waals surface area contributed by atoms with Crippen LogP contribution in [0.4, 0.5) is 0 Å². The second-order valence-electron chi connectivity index (χ2n) is 7.83. The SMILES string of the molecule is O=C(NC1CCCC[C@H]1CN1CCCCC1)c1ccc2[nH]c(=O)[nH]c2c1. The number of hydrogen-bond acceptors (Lipinski definition) is 3. The molecule has 4 rings (SSSR count). The number of nitrogens with one attached hydrogen (secondary N) is 3. The van der Waals surface area contributed by atoms with Crippen molar-refractivity contribution in [1.82, 2.24) is 20.2 Å².